The van der Waals surface area contributed by atoms with Crippen LogP contribution < -0.4 is 5.73 Å². The van der Waals surface area contributed by atoms with Gasteiger partial charge in [0.1, 0.15) is 5.69 Å². The van der Waals surface area contributed by atoms with Crippen molar-refractivity contribution in [2.45, 2.75) is 20.8 Å². The first-order valence-corrected chi connectivity index (χ1v) is 6.81. The predicted molar refractivity (Wildman–Crippen MR) is 83.8 cm³/mol. The highest BCUT2D eigenvalue weighted by atomic mass is 16.5. The zero-order valence-corrected chi connectivity index (χ0v) is 12.3. The second kappa shape index (κ2) is 5.05. The van der Waals surface area contributed by atoms with Gasteiger partial charge in [0.05, 0.1) is 5.56 Å². The van der Waals surface area contributed by atoms with Crippen LogP contribution in [0.3, 0.4) is 0 Å². The molecule has 0 aliphatic rings. The molecular formula is C17H17N3O. The van der Waals surface area contributed by atoms with Gasteiger partial charge in [-0.15, -0.1) is 0 Å². The molecule has 0 unspecified atom stereocenters. The van der Waals surface area contributed by atoms with Crippen molar-refractivity contribution < 1.29 is 4.52 Å². The summed E-state index contributed by atoms with van der Waals surface area (Å²) >= 11 is 0. The summed E-state index contributed by atoms with van der Waals surface area (Å²) in [5.41, 5.74) is 13.1. The van der Waals surface area contributed by atoms with Crippen LogP contribution in [-0.2, 0) is 0 Å². The maximum absolute atomic E-state index is 5.98. The fourth-order valence-corrected chi connectivity index (χ4v) is 2.82. The average Bonchev–Trinajstić information content (AvgIpc) is 2.80. The lowest BCUT2D eigenvalue weighted by atomic mass is 9.93. The highest BCUT2D eigenvalue weighted by Crippen LogP contribution is 2.38. The van der Waals surface area contributed by atoms with E-state index in [1.54, 1.807) is 12.4 Å². The number of nitrogens with two attached hydrogens (primary N) is 1. The topological polar surface area (TPSA) is 64.9 Å². The van der Waals surface area contributed by atoms with Crippen molar-refractivity contribution in [3.05, 3.63) is 53.3 Å². The summed E-state index contributed by atoms with van der Waals surface area (Å²) in [6.07, 6.45) is 3.50. The number of aromatic nitrogens is 2. The molecule has 3 rings (SSSR count). The fraction of sp³-hybridized carbons (Fsp3) is 0.176. The van der Waals surface area contributed by atoms with E-state index in [0.717, 1.165) is 33.5 Å². The molecule has 0 fully saturated rings. The number of nitrogens with zero attached hydrogens (tertiary/aromatic N) is 2. The monoisotopic (exact) mass is 279 g/mol. The van der Waals surface area contributed by atoms with Gasteiger partial charge < -0.3 is 10.3 Å². The van der Waals surface area contributed by atoms with E-state index in [4.69, 9.17) is 10.3 Å². The summed E-state index contributed by atoms with van der Waals surface area (Å²) in [6.45, 7) is 6.24. The van der Waals surface area contributed by atoms with Gasteiger partial charge in [0, 0.05) is 23.5 Å². The Labute approximate surface area is 123 Å². The van der Waals surface area contributed by atoms with E-state index in [1.807, 2.05) is 12.1 Å². The van der Waals surface area contributed by atoms with E-state index < -0.39 is 0 Å². The molecule has 2 heterocycles. The van der Waals surface area contributed by atoms with Gasteiger partial charge in [-0.25, -0.2) is 0 Å². The number of aryl methyl sites for hydroxylation is 3. The smallest absolute Gasteiger partial charge is 0.230 e. The van der Waals surface area contributed by atoms with Crippen LogP contribution in [0.4, 0.5) is 5.88 Å². The van der Waals surface area contributed by atoms with Gasteiger partial charge in [-0.1, -0.05) is 28.9 Å². The average molecular weight is 279 g/mol. The molecule has 0 spiro atoms. The second-order valence-corrected chi connectivity index (χ2v) is 5.29. The fourth-order valence-electron chi connectivity index (χ4n) is 2.82. The van der Waals surface area contributed by atoms with E-state index in [2.05, 4.69) is 43.0 Å². The highest BCUT2D eigenvalue weighted by Gasteiger charge is 2.20. The molecule has 0 aliphatic carbocycles. The number of hydrogen-bond acceptors (Lipinski definition) is 4. The molecule has 0 amide bonds. The molecule has 2 aromatic heterocycles. The number of benzene rings is 1. The van der Waals surface area contributed by atoms with Crippen LogP contribution in [0.1, 0.15) is 16.7 Å². The van der Waals surface area contributed by atoms with E-state index in [1.165, 1.54) is 5.56 Å². The van der Waals surface area contributed by atoms with Crippen LogP contribution in [0, 0.1) is 20.8 Å². The second-order valence-electron chi connectivity index (χ2n) is 5.29. The minimum atomic E-state index is 0.317. The van der Waals surface area contributed by atoms with Crippen molar-refractivity contribution >= 4 is 5.88 Å². The maximum atomic E-state index is 5.98. The highest BCUT2D eigenvalue weighted by molar-refractivity contribution is 5.88. The Morgan fingerprint density at radius 3 is 2.38 bits per heavy atom. The van der Waals surface area contributed by atoms with Gasteiger partial charge in [0.2, 0.25) is 5.88 Å². The Bertz CT molecular complexity index is 768. The van der Waals surface area contributed by atoms with Gasteiger partial charge in [-0.2, -0.15) is 0 Å². The largest absolute Gasteiger partial charge is 0.367 e. The summed E-state index contributed by atoms with van der Waals surface area (Å²) < 4.78 is 5.24. The lowest BCUT2D eigenvalue weighted by Gasteiger charge is -2.10. The quantitative estimate of drug-likeness (QED) is 0.772. The summed E-state index contributed by atoms with van der Waals surface area (Å²) in [5.74, 6) is 0.317. The normalized spacial score (nSPS) is 10.8. The number of rotatable bonds is 2. The summed E-state index contributed by atoms with van der Waals surface area (Å²) in [4.78, 5) is 4.15. The zero-order chi connectivity index (χ0) is 15.0. The molecule has 3 aromatic rings. The summed E-state index contributed by atoms with van der Waals surface area (Å²) in [5, 5.41) is 4.19. The Balaban J connectivity index is 2.27. The Kier molecular flexibility index (Phi) is 3.22. The standard InChI is InChI=1S/C17H17N3O/c1-10-7-11(2)14(12(3)8-10)16-15(17(18)21-20-16)13-5-4-6-19-9-13/h4-9H,18H2,1-3H3. The predicted octanol–water partition coefficient (Wildman–Crippen LogP) is 3.91. The summed E-state index contributed by atoms with van der Waals surface area (Å²) in [6, 6.07) is 8.11. The molecule has 0 bridgehead atoms. The molecule has 0 saturated heterocycles. The maximum Gasteiger partial charge on any atom is 0.230 e. The SMILES string of the molecule is Cc1cc(C)c(-c2noc(N)c2-c2cccnc2)c(C)c1. The lowest BCUT2D eigenvalue weighted by Crippen LogP contribution is -1.93. The molecular weight excluding hydrogens is 262 g/mol. The molecule has 106 valence electrons. The Morgan fingerprint density at radius 2 is 1.76 bits per heavy atom. The lowest BCUT2D eigenvalue weighted by molar-refractivity contribution is 0.439. The molecule has 4 heteroatoms. The molecule has 0 aliphatic heterocycles. The molecule has 4 nitrogen and oxygen atoms in total. The van der Waals surface area contributed by atoms with Crippen LogP contribution in [0.2, 0.25) is 0 Å². The summed E-state index contributed by atoms with van der Waals surface area (Å²) in [7, 11) is 0. The number of anilines is 1. The van der Waals surface area contributed by atoms with Crippen LogP contribution in [0.25, 0.3) is 22.4 Å². The number of hydrogen-bond donors (Lipinski definition) is 1. The van der Waals surface area contributed by atoms with Crippen molar-refractivity contribution in [2.24, 2.45) is 0 Å². The van der Waals surface area contributed by atoms with Crippen LogP contribution in [0.5, 0.6) is 0 Å². The van der Waals surface area contributed by atoms with E-state index in [-0.39, 0.29) is 0 Å². The van der Waals surface area contributed by atoms with Crippen molar-refractivity contribution in [2.75, 3.05) is 5.73 Å². The van der Waals surface area contributed by atoms with E-state index in [0.29, 0.717) is 5.88 Å². The van der Waals surface area contributed by atoms with Crippen LogP contribution in [-0.4, -0.2) is 10.1 Å². The van der Waals surface area contributed by atoms with E-state index >= 15 is 0 Å². The third-order valence-electron chi connectivity index (χ3n) is 3.58. The third kappa shape index (κ3) is 2.29. The first-order chi connectivity index (χ1) is 10.1. The van der Waals surface area contributed by atoms with Gasteiger partial charge in [-0.05, 0) is 38.0 Å². The van der Waals surface area contributed by atoms with Crippen molar-refractivity contribution in [1.29, 1.82) is 0 Å². The van der Waals surface area contributed by atoms with Gasteiger partial charge in [0.15, 0.2) is 0 Å². The van der Waals surface area contributed by atoms with Crippen LogP contribution in [0.15, 0.2) is 41.2 Å². The number of nitrogen functional groups attached to an aromatic ring is 1. The molecule has 0 radical (unpaired) electrons. The Morgan fingerprint density at radius 1 is 1.05 bits per heavy atom. The van der Waals surface area contributed by atoms with Crippen molar-refractivity contribution in [1.82, 2.24) is 10.1 Å². The molecule has 1 aromatic carbocycles. The van der Waals surface area contributed by atoms with Crippen LogP contribution >= 0.6 is 0 Å². The van der Waals surface area contributed by atoms with Crippen molar-refractivity contribution in [3.63, 3.8) is 0 Å². The molecule has 21 heavy (non-hydrogen) atoms. The zero-order valence-electron chi connectivity index (χ0n) is 12.3. The molecule has 2 N–H and O–H groups in total. The number of pyridine rings is 1. The Hall–Kier alpha value is -2.62. The van der Waals surface area contributed by atoms with Gasteiger partial charge >= 0.3 is 0 Å². The van der Waals surface area contributed by atoms with E-state index in [9.17, 15) is 0 Å². The minimum Gasteiger partial charge on any atom is -0.367 e. The first-order valence-electron chi connectivity index (χ1n) is 6.81. The van der Waals surface area contributed by atoms with Crippen molar-refractivity contribution in [3.8, 4) is 22.4 Å². The minimum absolute atomic E-state index is 0.317. The molecule has 0 saturated carbocycles. The van der Waals surface area contributed by atoms with Gasteiger partial charge in [-0.3, -0.25) is 4.98 Å². The van der Waals surface area contributed by atoms with Gasteiger partial charge in [0.25, 0.3) is 0 Å². The third-order valence-corrected chi connectivity index (χ3v) is 3.58. The molecule has 0 atom stereocenters. The first kappa shape index (κ1) is 13.4.